The maximum Gasteiger partial charge on any atom is 0.222 e. The minimum atomic E-state index is 0.204. The number of nitrogens with zero attached hydrogens (tertiary/aromatic N) is 2. The molecule has 0 saturated heterocycles. The van der Waals surface area contributed by atoms with Crippen LogP contribution in [-0.2, 0) is 11.3 Å². The van der Waals surface area contributed by atoms with Crippen LogP contribution in [0.15, 0.2) is 24.3 Å². The predicted molar refractivity (Wildman–Crippen MR) is 65.0 cm³/mol. The minimum absolute atomic E-state index is 0.204. The van der Waals surface area contributed by atoms with Gasteiger partial charge in [-0.1, -0.05) is 12.1 Å². The Morgan fingerprint density at radius 1 is 1.53 bits per heavy atom. The van der Waals surface area contributed by atoms with Crippen molar-refractivity contribution < 1.29 is 4.79 Å². The molecule has 0 spiro atoms. The molecule has 0 aliphatic heterocycles. The molecule has 0 heterocycles. The molecule has 0 radical (unpaired) electrons. The van der Waals surface area contributed by atoms with Crippen LogP contribution in [0.25, 0.3) is 0 Å². The molecule has 0 unspecified atom stereocenters. The fourth-order valence-corrected chi connectivity index (χ4v) is 1.83. The van der Waals surface area contributed by atoms with Gasteiger partial charge in [-0.3, -0.25) is 4.79 Å². The van der Waals surface area contributed by atoms with E-state index in [1.807, 2.05) is 25.2 Å². The maximum absolute atomic E-state index is 11.8. The highest BCUT2D eigenvalue weighted by molar-refractivity contribution is 5.76. The molecule has 3 nitrogen and oxygen atoms in total. The third kappa shape index (κ3) is 3.32. The van der Waals surface area contributed by atoms with Gasteiger partial charge in [-0.25, -0.2) is 0 Å². The van der Waals surface area contributed by atoms with Crippen LogP contribution < -0.4 is 0 Å². The third-order valence-corrected chi connectivity index (χ3v) is 3.06. The fraction of sp³-hybridized carbons (Fsp3) is 0.429. The Morgan fingerprint density at radius 3 is 2.94 bits per heavy atom. The maximum atomic E-state index is 11.8. The van der Waals surface area contributed by atoms with Crippen molar-refractivity contribution in [3.8, 4) is 6.07 Å². The smallest absolute Gasteiger partial charge is 0.222 e. The summed E-state index contributed by atoms with van der Waals surface area (Å²) in [4.78, 5) is 13.6. The van der Waals surface area contributed by atoms with Gasteiger partial charge in [0.05, 0.1) is 11.6 Å². The molecule has 2 rings (SSSR count). The van der Waals surface area contributed by atoms with Crippen LogP contribution in [0.3, 0.4) is 0 Å². The molecule has 0 aromatic heterocycles. The number of rotatable bonds is 4. The second-order valence-corrected chi connectivity index (χ2v) is 4.71. The monoisotopic (exact) mass is 228 g/mol. The summed E-state index contributed by atoms with van der Waals surface area (Å²) >= 11 is 0. The Labute approximate surface area is 102 Å². The second kappa shape index (κ2) is 5.01. The zero-order valence-corrected chi connectivity index (χ0v) is 10.0. The topological polar surface area (TPSA) is 44.1 Å². The van der Waals surface area contributed by atoms with Crippen LogP contribution in [-0.4, -0.2) is 17.9 Å². The van der Waals surface area contributed by atoms with Crippen molar-refractivity contribution in [2.24, 2.45) is 5.92 Å². The molecule has 0 N–H and O–H groups in total. The molecule has 1 amide bonds. The molecule has 1 fully saturated rings. The van der Waals surface area contributed by atoms with Crippen LogP contribution in [0.1, 0.15) is 30.4 Å². The quantitative estimate of drug-likeness (QED) is 0.793. The Hall–Kier alpha value is -1.82. The highest BCUT2D eigenvalue weighted by Crippen LogP contribution is 2.32. The number of nitriles is 1. The summed E-state index contributed by atoms with van der Waals surface area (Å²) in [7, 11) is 1.82. The molecule has 88 valence electrons. The number of benzene rings is 1. The van der Waals surface area contributed by atoms with Gasteiger partial charge in [0.2, 0.25) is 5.91 Å². The lowest BCUT2D eigenvalue weighted by Gasteiger charge is -2.17. The zero-order valence-electron chi connectivity index (χ0n) is 10.0. The summed E-state index contributed by atoms with van der Waals surface area (Å²) in [5.41, 5.74) is 1.65. The number of hydrogen-bond donors (Lipinski definition) is 0. The van der Waals surface area contributed by atoms with E-state index in [9.17, 15) is 4.79 Å². The lowest BCUT2D eigenvalue weighted by atomic mass is 10.1. The molecule has 3 heteroatoms. The van der Waals surface area contributed by atoms with Crippen molar-refractivity contribution in [3.05, 3.63) is 35.4 Å². The first-order chi connectivity index (χ1) is 8.19. The van der Waals surface area contributed by atoms with Crippen molar-refractivity contribution in [1.29, 1.82) is 5.26 Å². The van der Waals surface area contributed by atoms with Crippen molar-refractivity contribution in [3.63, 3.8) is 0 Å². The summed E-state index contributed by atoms with van der Waals surface area (Å²) in [6, 6.07) is 9.52. The molecular formula is C14H16N2O. The average Bonchev–Trinajstić information content (AvgIpc) is 3.13. The van der Waals surface area contributed by atoms with Gasteiger partial charge in [0, 0.05) is 20.0 Å². The van der Waals surface area contributed by atoms with Crippen molar-refractivity contribution >= 4 is 5.91 Å². The second-order valence-electron chi connectivity index (χ2n) is 4.71. The number of carbonyl (C=O) groups is 1. The number of hydrogen-bond acceptors (Lipinski definition) is 2. The van der Waals surface area contributed by atoms with E-state index in [4.69, 9.17) is 5.26 Å². The van der Waals surface area contributed by atoms with Gasteiger partial charge in [0.15, 0.2) is 0 Å². The summed E-state index contributed by atoms with van der Waals surface area (Å²) in [5.74, 6) is 0.824. The molecule has 0 bridgehead atoms. The zero-order chi connectivity index (χ0) is 12.3. The number of carbonyl (C=O) groups excluding carboxylic acids is 1. The van der Waals surface area contributed by atoms with Crippen molar-refractivity contribution in [2.75, 3.05) is 7.05 Å². The van der Waals surface area contributed by atoms with E-state index in [2.05, 4.69) is 6.07 Å². The van der Waals surface area contributed by atoms with E-state index in [1.54, 1.807) is 11.0 Å². The first-order valence-electron chi connectivity index (χ1n) is 5.92. The highest BCUT2D eigenvalue weighted by Gasteiger charge is 2.25. The molecule has 1 saturated carbocycles. The summed E-state index contributed by atoms with van der Waals surface area (Å²) in [6.07, 6.45) is 3.07. The molecule has 1 aliphatic carbocycles. The van der Waals surface area contributed by atoms with Gasteiger partial charge in [0.1, 0.15) is 0 Å². The van der Waals surface area contributed by atoms with Crippen molar-refractivity contribution in [1.82, 2.24) is 4.90 Å². The van der Waals surface area contributed by atoms with Crippen LogP contribution in [0.4, 0.5) is 0 Å². The van der Waals surface area contributed by atoms with Crippen LogP contribution in [0.5, 0.6) is 0 Å². The first kappa shape index (κ1) is 11.7. The lowest BCUT2D eigenvalue weighted by molar-refractivity contribution is -0.130. The normalized spacial score (nSPS) is 14.1. The molecule has 0 atom stereocenters. The SMILES string of the molecule is CN(Cc1cccc(C#N)c1)C(=O)CC1CC1. The fourth-order valence-electron chi connectivity index (χ4n) is 1.83. The van der Waals surface area contributed by atoms with Crippen molar-refractivity contribution in [2.45, 2.75) is 25.8 Å². The van der Waals surface area contributed by atoms with E-state index in [1.165, 1.54) is 12.8 Å². The summed E-state index contributed by atoms with van der Waals surface area (Å²) < 4.78 is 0. The predicted octanol–water partition coefficient (Wildman–Crippen LogP) is 2.32. The molecule has 1 aromatic carbocycles. The van der Waals surface area contributed by atoms with E-state index >= 15 is 0 Å². The number of amides is 1. The third-order valence-electron chi connectivity index (χ3n) is 3.06. The minimum Gasteiger partial charge on any atom is -0.341 e. The van der Waals surface area contributed by atoms with Crippen LogP contribution >= 0.6 is 0 Å². The van der Waals surface area contributed by atoms with E-state index in [0.717, 1.165) is 5.56 Å². The van der Waals surface area contributed by atoms with Gasteiger partial charge in [-0.2, -0.15) is 5.26 Å². The first-order valence-corrected chi connectivity index (χ1v) is 5.92. The Kier molecular flexibility index (Phi) is 3.43. The average molecular weight is 228 g/mol. The van der Waals surface area contributed by atoms with E-state index < -0.39 is 0 Å². The summed E-state index contributed by atoms with van der Waals surface area (Å²) in [6.45, 7) is 0.584. The molecule has 1 aromatic rings. The van der Waals surface area contributed by atoms with Gasteiger partial charge in [0.25, 0.3) is 0 Å². The summed E-state index contributed by atoms with van der Waals surface area (Å²) in [5, 5.41) is 8.80. The standard InChI is InChI=1S/C14H16N2O/c1-16(14(17)8-11-5-6-11)10-13-4-2-3-12(7-13)9-15/h2-4,7,11H,5-6,8,10H2,1H3. The molecule has 17 heavy (non-hydrogen) atoms. The van der Waals surface area contributed by atoms with Gasteiger partial charge >= 0.3 is 0 Å². The van der Waals surface area contributed by atoms with Gasteiger partial charge < -0.3 is 4.90 Å². The van der Waals surface area contributed by atoms with Crippen LogP contribution in [0, 0.1) is 17.2 Å². The highest BCUT2D eigenvalue weighted by atomic mass is 16.2. The van der Waals surface area contributed by atoms with Crippen LogP contribution in [0.2, 0.25) is 0 Å². The van der Waals surface area contributed by atoms with Gasteiger partial charge in [-0.15, -0.1) is 0 Å². The van der Waals surface area contributed by atoms with E-state index in [-0.39, 0.29) is 5.91 Å². The Bertz CT molecular complexity index is 458. The Balaban J connectivity index is 1.94. The lowest BCUT2D eigenvalue weighted by Crippen LogP contribution is -2.26. The van der Waals surface area contributed by atoms with E-state index in [0.29, 0.717) is 24.4 Å². The largest absolute Gasteiger partial charge is 0.341 e. The molecular weight excluding hydrogens is 212 g/mol. The Morgan fingerprint density at radius 2 is 2.29 bits per heavy atom. The van der Waals surface area contributed by atoms with Gasteiger partial charge in [-0.05, 0) is 36.5 Å². The molecule has 1 aliphatic rings.